The SMILES string of the molecule is CCN(C)CCN(CC)CCN=NN. The highest BCUT2D eigenvalue weighted by molar-refractivity contribution is 4.59. The Morgan fingerprint density at radius 2 is 1.79 bits per heavy atom. The van der Waals surface area contributed by atoms with E-state index in [0.29, 0.717) is 6.54 Å². The van der Waals surface area contributed by atoms with Gasteiger partial charge < -0.3 is 15.6 Å². The molecule has 14 heavy (non-hydrogen) atoms. The van der Waals surface area contributed by atoms with Gasteiger partial charge >= 0.3 is 0 Å². The Hall–Kier alpha value is -0.680. The van der Waals surface area contributed by atoms with Crippen LogP contribution in [-0.4, -0.2) is 56.1 Å². The van der Waals surface area contributed by atoms with Gasteiger partial charge in [0.2, 0.25) is 0 Å². The summed E-state index contributed by atoms with van der Waals surface area (Å²) in [6.07, 6.45) is 0. The van der Waals surface area contributed by atoms with Gasteiger partial charge in [-0.15, -0.1) is 0 Å². The first kappa shape index (κ1) is 13.3. The Bertz CT molecular complexity index is 148. The van der Waals surface area contributed by atoms with Crippen LogP contribution in [0.5, 0.6) is 0 Å². The number of nitrogens with two attached hydrogens (primary N) is 1. The lowest BCUT2D eigenvalue weighted by Crippen LogP contribution is -2.34. The molecule has 0 aromatic rings. The van der Waals surface area contributed by atoms with E-state index in [4.69, 9.17) is 5.84 Å². The third-order valence-corrected chi connectivity index (χ3v) is 2.38. The third-order valence-electron chi connectivity index (χ3n) is 2.38. The molecule has 0 heterocycles. The first-order valence-electron chi connectivity index (χ1n) is 5.22. The second kappa shape index (κ2) is 8.90. The second-order valence-corrected chi connectivity index (χ2v) is 3.31. The molecule has 5 nitrogen and oxygen atoms in total. The Labute approximate surface area is 86.9 Å². The average molecular weight is 201 g/mol. The standard InChI is InChI=1S/C9H23N5/c1-4-13(3)8-9-14(5-2)7-6-11-12-10/h4-9H2,1-3H3,(H2,10,11). The maximum absolute atomic E-state index is 4.93. The summed E-state index contributed by atoms with van der Waals surface area (Å²) in [5.41, 5.74) is 0. The maximum atomic E-state index is 4.93. The van der Waals surface area contributed by atoms with Crippen LogP contribution in [0, 0.1) is 0 Å². The summed E-state index contributed by atoms with van der Waals surface area (Å²) < 4.78 is 0. The Morgan fingerprint density at radius 3 is 2.29 bits per heavy atom. The van der Waals surface area contributed by atoms with Crippen molar-refractivity contribution in [2.45, 2.75) is 13.8 Å². The van der Waals surface area contributed by atoms with Crippen LogP contribution in [0.4, 0.5) is 0 Å². The first-order chi connectivity index (χ1) is 6.74. The molecule has 0 aliphatic rings. The first-order valence-corrected chi connectivity index (χ1v) is 5.22. The molecule has 0 aromatic heterocycles. The van der Waals surface area contributed by atoms with Crippen molar-refractivity contribution in [1.29, 1.82) is 0 Å². The van der Waals surface area contributed by atoms with E-state index in [0.717, 1.165) is 32.7 Å². The van der Waals surface area contributed by atoms with E-state index in [1.807, 2.05) is 0 Å². The average Bonchev–Trinajstić information content (AvgIpc) is 2.22. The van der Waals surface area contributed by atoms with Crippen molar-refractivity contribution in [3.63, 3.8) is 0 Å². The number of rotatable bonds is 8. The molecule has 0 aromatic carbocycles. The minimum Gasteiger partial charge on any atom is -0.305 e. The molecule has 0 aliphatic carbocycles. The molecule has 84 valence electrons. The van der Waals surface area contributed by atoms with Crippen LogP contribution in [0.15, 0.2) is 10.3 Å². The highest BCUT2D eigenvalue weighted by atomic mass is 15.3. The van der Waals surface area contributed by atoms with Crippen molar-refractivity contribution in [2.75, 3.05) is 46.3 Å². The van der Waals surface area contributed by atoms with Crippen molar-refractivity contribution in [3.05, 3.63) is 0 Å². The van der Waals surface area contributed by atoms with Gasteiger partial charge in [0.1, 0.15) is 0 Å². The zero-order valence-electron chi connectivity index (χ0n) is 9.61. The zero-order valence-corrected chi connectivity index (χ0v) is 9.61. The summed E-state index contributed by atoms with van der Waals surface area (Å²) >= 11 is 0. The van der Waals surface area contributed by atoms with Crippen molar-refractivity contribution in [3.8, 4) is 0 Å². The smallest absolute Gasteiger partial charge is 0.0747 e. The van der Waals surface area contributed by atoms with Crippen molar-refractivity contribution < 1.29 is 0 Å². The molecule has 2 N–H and O–H groups in total. The fraction of sp³-hybridized carbons (Fsp3) is 1.00. The molecular weight excluding hydrogens is 178 g/mol. The molecule has 0 radical (unpaired) electrons. The lowest BCUT2D eigenvalue weighted by Gasteiger charge is -2.22. The van der Waals surface area contributed by atoms with E-state index in [1.54, 1.807) is 0 Å². The lowest BCUT2D eigenvalue weighted by molar-refractivity contribution is 0.241. The van der Waals surface area contributed by atoms with Gasteiger partial charge in [-0.3, -0.25) is 0 Å². The lowest BCUT2D eigenvalue weighted by atomic mass is 10.4. The topological polar surface area (TPSA) is 57.2 Å². The van der Waals surface area contributed by atoms with E-state index in [2.05, 4.69) is 41.0 Å². The van der Waals surface area contributed by atoms with Gasteiger partial charge in [0.15, 0.2) is 0 Å². The van der Waals surface area contributed by atoms with Crippen LogP contribution in [0.2, 0.25) is 0 Å². The van der Waals surface area contributed by atoms with Crippen LogP contribution in [0.3, 0.4) is 0 Å². The van der Waals surface area contributed by atoms with E-state index >= 15 is 0 Å². The zero-order chi connectivity index (χ0) is 10.8. The molecule has 0 atom stereocenters. The predicted molar refractivity (Wildman–Crippen MR) is 59.2 cm³/mol. The fourth-order valence-electron chi connectivity index (χ4n) is 1.14. The molecule has 0 saturated carbocycles. The van der Waals surface area contributed by atoms with E-state index in [-0.39, 0.29) is 0 Å². The van der Waals surface area contributed by atoms with Crippen LogP contribution in [0.25, 0.3) is 0 Å². The molecule has 0 saturated heterocycles. The number of nitrogens with zero attached hydrogens (tertiary/aromatic N) is 4. The fourth-order valence-corrected chi connectivity index (χ4v) is 1.14. The molecular formula is C9H23N5. The Kier molecular flexibility index (Phi) is 8.47. The van der Waals surface area contributed by atoms with Crippen molar-refractivity contribution >= 4 is 0 Å². The molecule has 0 spiro atoms. The van der Waals surface area contributed by atoms with Gasteiger partial charge in [-0.05, 0) is 20.1 Å². The maximum Gasteiger partial charge on any atom is 0.0747 e. The van der Waals surface area contributed by atoms with E-state index < -0.39 is 0 Å². The quantitative estimate of drug-likeness (QED) is 0.355. The molecule has 0 rings (SSSR count). The number of likely N-dealkylation sites (N-methyl/N-ethyl adjacent to an activating group) is 2. The largest absolute Gasteiger partial charge is 0.305 e. The summed E-state index contributed by atoms with van der Waals surface area (Å²) in [5, 5.41) is 7.00. The summed E-state index contributed by atoms with van der Waals surface area (Å²) in [5.74, 6) is 4.93. The van der Waals surface area contributed by atoms with Crippen molar-refractivity contribution in [2.24, 2.45) is 16.2 Å². The number of hydrogen-bond acceptors (Lipinski definition) is 4. The van der Waals surface area contributed by atoms with Gasteiger partial charge in [0, 0.05) is 19.6 Å². The second-order valence-electron chi connectivity index (χ2n) is 3.31. The molecule has 0 bridgehead atoms. The predicted octanol–water partition coefficient (Wildman–Crippen LogP) is 0.586. The van der Waals surface area contributed by atoms with Crippen LogP contribution < -0.4 is 5.84 Å². The number of hydrogen-bond donors (Lipinski definition) is 1. The molecule has 0 unspecified atom stereocenters. The molecule has 5 heteroatoms. The minimum absolute atomic E-state index is 0.695. The van der Waals surface area contributed by atoms with Crippen LogP contribution in [-0.2, 0) is 0 Å². The van der Waals surface area contributed by atoms with E-state index in [9.17, 15) is 0 Å². The molecule has 0 aliphatic heterocycles. The summed E-state index contributed by atoms with van der Waals surface area (Å²) in [6, 6.07) is 0. The summed E-state index contributed by atoms with van der Waals surface area (Å²) in [6.45, 7) is 10.3. The third kappa shape index (κ3) is 6.80. The molecule has 0 amide bonds. The summed E-state index contributed by atoms with van der Waals surface area (Å²) in [7, 11) is 2.13. The highest BCUT2D eigenvalue weighted by Gasteiger charge is 2.02. The van der Waals surface area contributed by atoms with Crippen LogP contribution >= 0.6 is 0 Å². The Balaban J connectivity index is 3.57. The normalized spacial score (nSPS) is 12.1. The van der Waals surface area contributed by atoms with Gasteiger partial charge in [-0.2, -0.15) is 5.11 Å². The minimum atomic E-state index is 0.695. The van der Waals surface area contributed by atoms with Crippen molar-refractivity contribution in [1.82, 2.24) is 9.80 Å². The van der Waals surface area contributed by atoms with Gasteiger partial charge in [0.25, 0.3) is 0 Å². The highest BCUT2D eigenvalue weighted by Crippen LogP contribution is 1.90. The van der Waals surface area contributed by atoms with Gasteiger partial charge in [-0.25, -0.2) is 0 Å². The molecule has 0 fully saturated rings. The summed E-state index contributed by atoms with van der Waals surface area (Å²) in [4.78, 5) is 4.65. The van der Waals surface area contributed by atoms with Crippen LogP contribution in [0.1, 0.15) is 13.8 Å². The monoisotopic (exact) mass is 201 g/mol. The Morgan fingerprint density at radius 1 is 1.07 bits per heavy atom. The van der Waals surface area contributed by atoms with Gasteiger partial charge in [-0.1, -0.05) is 19.1 Å². The van der Waals surface area contributed by atoms with E-state index in [1.165, 1.54) is 0 Å². The van der Waals surface area contributed by atoms with Gasteiger partial charge in [0.05, 0.1) is 6.54 Å².